The highest BCUT2D eigenvalue weighted by Gasteiger charge is 2.12. The number of hydrogen-bond acceptors (Lipinski definition) is 3. The minimum atomic E-state index is -4.27. The average molecular weight is 548 g/mol. The molecule has 0 rings (SSSR count). The summed E-state index contributed by atoms with van der Waals surface area (Å²) in [7, 11) is -4.27. The molecule has 5 nitrogen and oxygen atoms in total. The normalized spacial score (nSPS) is 12.0. The summed E-state index contributed by atoms with van der Waals surface area (Å²) in [6.45, 7) is 1.03. The Kier molecular flexibility index (Phi) is 30.7. The van der Waals surface area contributed by atoms with Crippen LogP contribution in [-0.2, 0) is 9.09 Å². The van der Waals surface area contributed by atoms with Gasteiger partial charge in [0.05, 0.1) is 6.61 Å². The lowest BCUT2D eigenvalue weighted by Gasteiger charge is -2.05. The van der Waals surface area contributed by atoms with Gasteiger partial charge in [-0.15, -0.1) is 0 Å². The summed E-state index contributed by atoms with van der Waals surface area (Å²) in [6, 6.07) is 0. The molecule has 0 amide bonds. The largest absolute Gasteiger partial charge is 0.469 e. The number of phosphoric acid groups is 1. The molecular weight excluding hydrogens is 481 g/mol. The predicted molar refractivity (Wildman–Crippen MR) is 161 cm³/mol. The van der Waals surface area contributed by atoms with Crippen LogP contribution in [0, 0.1) is 0 Å². The number of nitrogens with two attached hydrogens (primary N) is 1. The fraction of sp³-hybridized carbons (Fsp3) is 1.00. The average Bonchev–Trinajstić information content (AvgIpc) is 2.86. The minimum Gasteiger partial charge on any atom is -0.330 e. The Bertz CT molecular complexity index is 472. The van der Waals surface area contributed by atoms with Crippen molar-refractivity contribution in [3.8, 4) is 0 Å². The minimum absolute atomic E-state index is 0.168. The van der Waals surface area contributed by atoms with E-state index in [-0.39, 0.29) is 6.61 Å². The van der Waals surface area contributed by atoms with Crippen LogP contribution in [-0.4, -0.2) is 22.9 Å². The maximum absolute atomic E-state index is 10.6. The highest BCUT2D eigenvalue weighted by Crippen LogP contribution is 2.35. The lowest BCUT2D eigenvalue weighted by atomic mass is 10.0. The summed E-state index contributed by atoms with van der Waals surface area (Å²) in [5, 5.41) is 0. The summed E-state index contributed by atoms with van der Waals surface area (Å²) >= 11 is 0. The molecule has 4 N–H and O–H groups in total. The lowest BCUT2D eigenvalue weighted by Crippen LogP contribution is -1.97. The van der Waals surface area contributed by atoms with Crippen molar-refractivity contribution in [3.63, 3.8) is 0 Å². The maximum Gasteiger partial charge on any atom is 0.469 e. The van der Waals surface area contributed by atoms with Crippen LogP contribution in [0.3, 0.4) is 0 Å². The first-order valence-corrected chi connectivity index (χ1v) is 18.0. The van der Waals surface area contributed by atoms with E-state index in [1.165, 1.54) is 167 Å². The molecule has 0 unspecified atom stereocenters. The third kappa shape index (κ3) is 36.1. The molecule has 0 spiro atoms. The zero-order chi connectivity index (χ0) is 27.1. The van der Waals surface area contributed by atoms with E-state index in [0.29, 0.717) is 0 Å². The monoisotopic (exact) mass is 547 g/mol. The van der Waals surface area contributed by atoms with Gasteiger partial charge in [-0.1, -0.05) is 173 Å². The van der Waals surface area contributed by atoms with E-state index in [2.05, 4.69) is 4.52 Å². The molecule has 0 atom stereocenters. The second-order valence-electron chi connectivity index (χ2n) is 11.4. The number of hydrogen-bond donors (Lipinski definition) is 3. The van der Waals surface area contributed by atoms with Crippen LogP contribution in [0.25, 0.3) is 0 Å². The van der Waals surface area contributed by atoms with E-state index in [1.807, 2.05) is 0 Å². The maximum atomic E-state index is 10.6. The summed E-state index contributed by atoms with van der Waals surface area (Å²) in [6.07, 6.45) is 39.3. The van der Waals surface area contributed by atoms with Crippen LogP contribution < -0.4 is 5.73 Å². The Morgan fingerprint density at radius 1 is 0.378 bits per heavy atom. The third-order valence-corrected chi connectivity index (χ3v) is 8.13. The topological polar surface area (TPSA) is 92.8 Å². The van der Waals surface area contributed by atoms with Gasteiger partial charge >= 0.3 is 7.82 Å². The first-order chi connectivity index (χ1) is 18.1. The Hall–Kier alpha value is 0.0700. The Balaban J connectivity index is 3.04. The van der Waals surface area contributed by atoms with Gasteiger partial charge in [-0.05, 0) is 19.4 Å². The van der Waals surface area contributed by atoms with Gasteiger partial charge in [0.25, 0.3) is 0 Å². The van der Waals surface area contributed by atoms with Crippen LogP contribution in [0.5, 0.6) is 0 Å². The van der Waals surface area contributed by atoms with Crippen molar-refractivity contribution in [2.75, 3.05) is 13.2 Å². The second kappa shape index (κ2) is 30.6. The number of unbranched alkanes of at least 4 members (excludes halogenated alkanes) is 28. The van der Waals surface area contributed by atoms with Gasteiger partial charge in [0.2, 0.25) is 0 Å². The first kappa shape index (κ1) is 37.1. The summed E-state index contributed by atoms with van der Waals surface area (Å²) in [5.41, 5.74) is 5.53. The quantitative estimate of drug-likeness (QED) is 0.0575. The van der Waals surface area contributed by atoms with Gasteiger partial charge in [0.15, 0.2) is 0 Å². The van der Waals surface area contributed by atoms with E-state index < -0.39 is 7.82 Å². The van der Waals surface area contributed by atoms with Gasteiger partial charge in [0.1, 0.15) is 0 Å². The summed E-state index contributed by atoms with van der Waals surface area (Å²) < 4.78 is 15.0. The van der Waals surface area contributed by atoms with Crippen molar-refractivity contribution in [1.82, 2.24) is 0 Å². The molecule has 0 heterocycles. The molecule has 0 aliphatic rings. The summed E-state index contributed by atoms with van der Waals surface area (Å²) in [5.74, 6) is 0. The van der Waals surface area contributed by atoms with Crippen molar-refractivity contribution in [2.45, 2.75) is 186 Å². The molecule has 0 saturated carbocycles. The van der Waals surface area contributed by atoms with Gasteiger partial charge in [-0.2, -0.15) is 0 Å². The molecule has 0 aromatic rings. The molecule has 0 bridgehead atoms. The van der Waals surface area contributed by atoms with Gasteiger partial charge in [-0.3, -0.25) is 4.52 Å². The summed E-state index contributed by atoms with van der Waals surface area (Å²) in [4.78, 5) is 17.2. The van der Waals surface area contributed by atoms with Crippen molar-refractivity contribution in [2.24, 2.45) is 5.73 Å². The van der Waals surface area contributed by atoms with Gasteiger partial charge in [-0.25, -0.2) is 4.57 Å². The fourth-order valence-corrected chi connectivity index (χ4v) is 5.57. The molecule has 0 aromatic heterocycles. The number of phosphoric ester groups is 1. The van der Waals surface area contributed by atoms with Crippen LogP contribution in [0.1, 0.15) is 186 Å². The zero-order valence-corrected chi connectivity index (χ0v) is 25.6. The lowest BCUT2D eigenvalue weighted by molar-refractivity contribution is 0.193. The molecule has 0 aliphatic carbocycles. The van der Waals surface area contributed by atoms with E-state index in [9.17, 15) is 4.57 Å². The van der Waals surface area contributed by atoms with E-state index >= 15 is 0 Å². The van der Waals surface area contributed by atoms with Crippen molar-refractivity contribution in [1.29, 1.82) is 0 Å². The SMILES string of the molecule is NCCCCCCCCCCCCCCCCCCCCCCCCCCCCCCCOP(=O)(O)O. The van der Waals surface area contributed by atoms with Gasteiger partial charge in [0, 0.05) is 0 Å². The molecule has 6 heteroatoms. The van der Waals surface area contributed by atoms with Crippen LogP contribution in [0.15, 0.2) is 0 Å². The van der Waals surface area contributed by atoms with Crippen molar-refractivity contribution >= 4 is 7.82 Å². The third-order valence-electron chi connectivity index (χ3n) is 7.61. The Morgan fingerprint density at radius 2 is 0.568 bits per heavy atom. The first-order valence-electron chi connectivity index (χ1n) is 16.5. The number of rotatable bonds is 32. The van der Waals surface area contributed by atoms with E-state index in [4.69, 9.17) is 15.5 Å². The highest BCUT2D eigenvalue weighted by atomic mass is 31.2. The molecule has 0 aliphatic heterocycles. The molecular formula is C31H66NO4P. The molecule has 224 valence electrons. The van der Waals surface area contributed by atoms with Crippen molar-refractivity contribution < 1.29 is 18.9 Å². The van der Waals surface area contributed by atoms with Gasteiger partial charge < -0.3 is 15.5 Å². The molecule has 0 aromatic carbocycles. The highest BCUT2D eigenvalue weighted by molar-refractivity contribution is 7.46. The smallest absolute Gasteiger partial charge is 0.330 e. The van der Waals surface area contributed by atoms with Crippen LogP contribution in [0.4, 0.5) is 0 Å². The molecule has 0 radical (unpaired) electrons. The van der Waals surface area contributed by atoms with Crippen molar-refractivity contribution in [3.05, 3.63) is 0 Å². The van der Waals surface area contributed by atoms with E-state index in [0.717, 1.165) is 25.8 Å². The zero-order valence-electron chi connectivity index (χ0n) is 24.7. The van der Waals surface area contributed by atoms with E-state index in [1.54, 1.807) is 0 Å². The second-order valence-corrected chi connectivity index (χ2v) is 12.6. The van der Waals surface area contributed by atoms with Crippen LogP contribution >= 0.6 is 7.82 Å². The Morgan fingerprint density at radius 3 is 0.757 bits per heavy atom. The molecule has 37 heavy (non-hydrogen) atoms. The molecule has 0 saturated heterocycles. The predicted octanol–water partition coefficient (Wildman–Crippen LogP) is 10.4. The Labute approximate surface area is 231 Å². The fourth-order valence-electron chi connectivity index (χ4n) is 5.20. The molecule has 0 fully saturated rings. The standard InChI is InChI=1S/C31H66NO4P/c32-30-28-26-24-22-20-18-16-14-12-10-8-6-4-2-1-3-5-7-9-11-13-15-17-19-21-23-25-27-29-31-36-37(33,34)35/h1-32H2,(H2,33,34,35). The van der Waals surface area contributed by atoms with Crippen LogP contribution in [0.2, 0.25) is 0 Å².